The Bertz CT molecular complexity index is 1320. The number of aromatic amines is 1. The first kappa shape index (κ1) is 20.5. The maximum absolute atomic E-state index is 12.9. The Morgan fingerprint density at radius 2 is 1.77 bits per heavy atom. The zero-order valence-electron chi connectivity index (χ0n) is 17.9. The van der Waals surface area contributed by atoms with Gasteiger partial charge in [-0.25, -0.2) is 4.98 Å². The molecule has 1 amide bonds. The minimum absolute atomic E-state index is 0.00662. The van der Waals surface area contributed by atoms with Crippen LogP contribution in [0.5, 0.6) is 0 Å². The summed E-state index contributed by atoms with van der Waals surface area (Å²) in [4.78, 5) is 38.0. The summed E-state index contributed by atoms with van der Waals surface area (Å²) < 4.78 is 1.27. The quantitative estimate of drug-likeness (QED) is 0.520. The Balaban J connectivity index is 1.62. The molecule has 3 aromatic heterocycles. The molecule has 1 atom stereocenters. The number of carbonyl (C=O) groups is 1. The summed E-state index contributed by atoms with van der Waals surface area (Å²) in [5.41, 5.74) is 5.21. The standard InChI is InChI=1S/C23H24N6O2/c1-13-5-6-18(11-14(13)2)21(17-7-9-24-10-8-17)27-20(30)12-19-26-23-25-16(4)15(3)22(31)29(23)28-19/h5-11,21H,12H2,1-4H3,(H,27,30)(H,25,26,28)/t21-/m1/s1. The van der Waals surface area contributed by atoms with Crippen LogP contribution in [0.3, 0.4) is 0 Å². The van der Waals surface area contributed by atoms with Crippen molar-refractivity contribution in [2.45, 2.75) is 40.2 Å². The van der Waals surface area contributed by atoms with Crippen LogP contribution < -0.4 is 10.9 Å². The van der Waals surface area contributed by atoms with Gasteiger partial charge in [-0.3, -0.25) is 19.7 Å². The fourth-order valence-electron chi connectivity index (χ4n) is 3.45. The van der Waals surface area contributed by atoms with Gasteiger partial charge >= 0.3 is 0 Å². The summed E-state index contributed by atoms with van der Waals surface area (Å²) in [5.74, 6) is 0.414. The molecule has 0 saturated heterocycles. The molecule has 0 aliphatic carbocycles. The predicted octanol–water partition coefficient (Wildman–Crippen LogP) is 2.49. The number of nitrogens with one attached hydrogen (secondary N) is 2. The molecule has 2 N–H and O–H groups in total. The van der Waals surface area contributed by atoms with E-state index in [2.05, 4.69) is 38.4 Å². The van der Waals surface area contributed by atoms with Gasteiger partial charge in [0.1, 0.15) is 5.82 Å². The van der Waals surface area contributed by atoms with Crippen LogP contribution in [0.1, 0.15) is 45.4 Å². The Hall–Kier alpha value is -3.81. The minimum atomic E-state index is -0.329. The van der Waals surface area contributed by atoms with Crippen LogP contribution in [-0.2, 0) is 11.2 Å². The lowest BCUT2D eigenvalue weighted by atomic mass is 9.96. The van der Waals surface area contributed by atoms with Gasteiger partial charge in [-0.2, -0.15) is 9.50 Å². The topological polar surface area (TPSA) is 105 Å². The van der Waals surface area contributed by atoms with Crippen LogP contribution in [0.4, 0.5) is 0 Å². The van der Waals surface area contributed by atoms with Crippen molar-refractivity contribution in [3.8, 4) is 0 Å². The summed E-state index contributed by atoms with van der Waals surface area (Å²) in [6.07, 6.45) is 3.41. The number of H-pyrrole nitrogens is 1. The van der Waals surface area contributed by atoms with E-state index in [-0.39, 0.29) is 29.7 Å². The third kappa shape index (κ3) is 4.09. The lowest BCUT2D eigenvalue weighted by Crippen LogP contribution is -2.31. The van der Waals surface area contributed by atoms with E-state index in [1.165, 1.54) is 10.1 Å². The van der Waals surface area contributed by atoms with E-state index in [0.717, 1.165) is 16.7 Å². The van der Waals surface area contributed by atoms with E-state index in [1.807, 2.05) is 31.2 Å². The molecule has 31 heavy (non-hydrogen) atoms. The van der Waals surface area contributed by atoms with Gasteiger partial charge in [0.25, 0.3) is 11.3 Å². The molecular formula is C23H24N6O2. The number of aromatic nitrogens is 5. The summed E-state index contributed by atoms with van der Waals surface area (Å²) >= 11 is 0. The fourth-order valence-corrected chi connectivity index (χ4v) is 3.45. The highest BCUT2D eigenvalue weighted by atomic mass is 16.2. The Morgan fingerprint density at radius 3 is 2.48 bits per heavy atom. The van der Waals surface area contributed by atoms with Crippen molar-refractivity contribution in [2.24, 2.45) is 0 Å². The van der Waals surface area contributed by atoms with Crippen molar-refractivity contribution in [3.63, 3.8) is 0 Å². The van der Waals surface area contributed by atoms with Crippen LogP contribution >= 0.6 is 0 Å². The lowest BCUT2D eigenvalue weighted by molar-refractivity contribution is -0.121. The average Bonchev–Trinajstić information content (AvgIpc) is 3.15. The van der Waals surface area contributed by atoms with Gasteiger partial charge in [-0.05, 0) is 62.1 Å². The molecule has 8 heteroatoms. The predicted molar refractivity (Wildman–Crippen MR) is 117 cm³/mol. The first-order valence-corrected chi connectivity index (χ1v) is 10.0. The van der Waals surface area contributed by atoms with Crippen LogP contribution in [0.25, 0.3) is 5.78 Å². The number of carbonyl (C=O) groups excluding carboxylic acids is 1. The number of fused-ring (bicyclic) bond motifs is 1. The van der Waals surface area contributed by atoms with E-state index in [1.54, 1.807) is 26.2 Å². The molecule has 3 heterocycles. The highest BCUT2D eigenvalue weighted by molar-refractivity contribution is 5.78. The van der Waals surface area contributed by atoms with Gasteiger partial charge in [0.15, 0.2) is 0 Å². The van der Waals surface area contributed by atoms with E-state index in [0.29, 0.717) is 17.1 Å². The highest BCUT2D eigenvalue weighted by Gasteiger charge is 2.19. The molecule has 0 spiro atoms. The minimum Gasteiger partial charge on any atom is -0.345 e. The molecule has 0 saturated carbocycles. The number of amides is 1. The zero-order chi connectivity index (χ0) is 22.1. The number of nitrogens with zero attached hydrogens (tertiary/aromatic N) is 4. The van der Waals surface area contributed by atoms with Crippen molar-refractivity contribution < 1.29 is 4.79 Å². The summed E-state index contributed by atoms with van der Waals surface area (Å²) in [6.45, 7) is 7.58. The molecular weight excluding hydrogens is 392 g/mol. The average molecular weight is 416 g/mol. The monoisotopic (exact) mass is 416 g/mol. The number of benzene rings is 1. The van der Waals surface area contributed by atoms with Crippen LogP contribution in [-0.4, -0.2) is 30.5 Å². The van der Waals surface area contributed by atoms with Crippen molar-refractivity contribution >= 4 is 11.7 Å². The SMILES string of the molecule is Cc1ccc([C@H](NC(=O)Cc2nc3nc(C)c(C)c(=O)n3[nH]2)c2ccncc2)cc1C. The molecule has 0 aliphatic rings. The van der Waals surface area contributed by atoms with Crippen molar-refractivity contribution in [3.05, 3.63) is 92.4 Å². The lowest BCUT2D eigenvalue weighted by Gasteiger charge is -2.20. The first-order chi connectivity index (χ1) is 14.8. The molecule has 0 radical (unpaired) electrons. The third-order valence-corrected chi connectivity index (χ3v) is 5.55. The normalized spacial score (nSPS) is 12.1. The van der Waals surface area contributed by atoms with Gasteiger partial charge < -0.3 is 5.32 Å². The molecule has 0 fully saturated rings. The van der Waals surface area contributed by atoms with Gasteiger partial charge in [0.2, 0.25) is 5.91 Å². The Labute approximate surface area is 179 Å². The third-order valence-electron chi connectivity index (χ3n) is 5.55. The van der Waals surface area contributed by atoms with Crippen LogP contribution in [0.15, 0.2) is 47.5 Å². The van der Waals surface area contributed by atoms with E-state index >= 15 is 0 Å². The zero-order valence-corrected chi connectivity index (χ0v) is 17.9. The summed E-state index contributed by atoms with van der Waals surface area (Å²) in [5, 5.41) is 5.98. The molecule has 4 aromatic rings. The van der Waals surface area contributed by atoms with Crippen molar-refractivity contribution in [1.82, 2.24) is 29.9 Å². The molecule has 158 valence electrons. The summed E-state index contributed by atoms with van der Waals surface area (Å²) in [6, 6.07) is 9.59. The maximum atomic E-state index is 12.9. The van der Waals surface area contributed by atoms with Gasteiger partial charge in [-0.1, -0.05) is 18.2 Å². The molecule has 0 bridgehead atoms. The highest BCUT2D eigenvalue weighted by Crippen LogP contribution is 2.24. The van der Waals surface area contributed by atoms with E-state index in [4.69, 9.17) is 0 Å². The Kier molecular flexibility index (Phi) is 5.37. The fraction of sp³-hybridized carbons (Fsp3) is 0.261. The molecule has 0 unspecified atom stereocenters. The number of rotatable bonds is 5. The number of hydrogen-bond acceptors (Lipinski definition) is 5. The largest absolute Gasteiger partial charge is 0.345 e. The second-order valence-corrected chi connectivity index (χ2v) is 7.73. The second-order valence-electron chi connectivity index (χ2n) is 7.73. The Morgan fingerprint density at radius 1 is 1.03 bits per heavy atom. The van der Waals surface area contributed by atoms with Gasteiger partial charge in [0.05, 0.1) is 12.5 Å². The molecule has 4 rings (SSSR count). The number of aryl methyl sites for hydroxylation is 3. The van der Waals surface area contributed by atoms with Crippen LogP contribution in [0.2, 0.25) is 0 Å². The molecule has 1 aromatic carbocycles. The number of hydrogen-bond donors (Lipinski definition) is 2. The second kappa shape index (κ2) is 8.14. The maximum Gasteiger partial charge on any atom is 0.277 e. The van der Waals surface area contributed by atoms with Crippen molar-refractivity contribution in [1.29, 1.82) is 0 Å². The molecule has 8 nitrogen and oxygen atoms in total. The van der Waals surface area contributed by atoms with E-state index < -0.39 is 0 Å². The smallest absolute Gasteiger partial charge is 0.277 e. The summed E-state index contributed by atoms with van der Waals surface area (Å²) in [7, 11) is 0. The van der Waals surface area contributed by atoms with Crippen molar-refractivity contribution in [2.75, 3.05) is 0 Å². The van der Waals surface area contributed by atoms with E-state index in [9.17, 15) is 9.59 Å². The molecule has 0 aliphatic heterocycles. The van der Waals surface area contributed by atoms with Gasteiger partial charge in [-0.15, -0.1) is 0 Å². The van der Waals surface area contributed by atoms with Crippen LogP contribution in [0, 0.1) is 27.7 Å². The number of pyridine rings is 1. The first-order valence-electron chi connectivity index (χ1n) is 10.0. The van der Waals surface area contributed by atoms with Gasteiger partial charge in [0, 0.05) is 23.7 Å².